The second kappa shape index (κ2) is 5.85. The predicted molar refractivity (Wildman–Crippen MR) is 59.2 cm³/mol. The lowest BCUT2D eigenvalue weighted by Gasteiger charge is -2.03. The first-order valence-corrected chi connectivity index (χ1v) is 5.87. The highest BCUT2D eigenvalue weighted by atomic mass is 35.5. The molecule has 0 aromatic heterocycles. The number of rotatable bonds is 5. The zero-order valence-corrected chi connectivity index (χ0v) is 9.40. The summed E-state index contributed by atoms with van der Waals surface area (Å²) in [5, 5.41) is 7.89. The van der Waals surface area contributed by atoms with Gasteiger partial charge in [0.25, 0.3) is 0 Å². The van der Waals surface area contributed by atoms with E-state index in [-0.39, 0.29) is 5.75 Å². The number of nitrogens with one attached hydrogen (secondary N) is 1. The Morgan fingerprint density at radius 1 is 1.64 bits per heavy atom. The third kappa shape index (κ3) is 5.80. The first-order valence-electron chi connectivity index (χ1n) is 3.77. The Morgan fingerprint density at radius 3 is 2.57 bits per heavy atom. The van der Waals surface area contributed by atoms with Crippen LogP contribution in [0.3, 0.4) is 0 Å². The van der Waals surface area contributed by atoms with E-state index in [9.17, 15) is 8.42 Å². The highest BCUT2D eigenvalue weighted by Crippen LogP contribution is 2.11. The van der Waals surface area contributed by atoms with E-state index in [1.807, 2.05) is 0 Å². The van der Waals surface area contributed by atoms with Crippen molar-refractivity contribution in [3.63, 3.8) is 0 Å². The van der Waals surface area contributed by atoms with Crippen molar-refractivity contribution in [1.29, 1.82) is 0 Å². The molecule has 0 aromatic rings. The van der Waals surface area contributed by atoms with Crippen LogP contribution in [0.1, 0.15) is 0 Å². The van der Waals surface area contributed by atoms with Crippen LogP contribution >= 0.6 is 11.6 Å². The van der Waals surface area contributed by atoms with Crippen LogP contribution in [0, 0.1) is 0 Å². The summed E-state index contributed by atoms with van der Waals surface area (Å²) in [6.07, 6.45) is 4.49. The Bertz CT molecular complexity index is 358. The van der Waals surface area contributed by atoms with E-state index in [0.29, 0.717) is 10.7 Å². The third-order valence-corrected chi connectivity index (χ3v) is 2.30. The zero-order chi connectivity index (χ0) is 11.2. The molecule has 14 heavy (non-hydrogen) atoms. The summed E-state index contributed by atoms with van der Waals surface area (Å²) in [7, 11) is -1.85. The molecule has 0 fully saturated rings. The van der Waals surface area contributed by atoms with E-state index in [0.717, 1.165) is 0 Å². The second-order valence-electron chi connectivity index (χ2n) is 2.45. The molecule has 0 aliphatic heterocycles. The van der Waals surface area contributed by atoms with Gasteiger partial charge in [0.1, 0.15) is 0 Å². The van der Waals surface area contributed by atoms with Crippen molar-refractivity contribution in [3.8, 4) is 0 Å². The smallest absolute Gasteiger partial charge is 0.212 e. The monoisotopic (exact) mass is 236 g/mol. The maximum atomic E-state index is 10.6. The Morgan fingerprint density at radius 2 is 2.21 bits per heavy atom. The van der Waals surface area contributed by atoms with Crippen LogP contribution in [-0.2, 0) is 10.0 Å². The van der Waals surface area contributed by atoms with Gasteiger partial charge in [-0.15, -0.1) is 0 Å². The van der Waals surface area contributed by atoms with E-state index in [4.69, 9.17) is 16.7 Å². The van der Waals surface area contributed by atoms with Gasteiger partial charge >= 0.3 is 0 Å². The van der Waals surface area contributed by atoms with Crippen LogP contribution in [0.4, 0.5) is 0 Å². The molecule has 0 aromatic carbocycles. The van der Waals surface area contributed by atoms with Crippen LogP contribution in [0.5, 0.6) is 0 Å². The number of hydrogen-bond acceptors (Lipinski definition) is 3. The molecule has 3 N–H and O–H groups in total. The van der Waals surface area contributed by atoms with Crippen molar-refractivity contribution in [2.75, 3.05) is 12.8 Å². The Kier molecular flexibility index (Phi) is 5.52. The predicted octanol–water partition coefficient (Wildman–Crippen LogP) is 0.687. The zero-order valence-electron chi connectivity index (χ0n) is 7.83. The van der Waals surface area contributed by atoms with Crippen molar-refractivity contribution in [2.24, 2.45) is 5.14 Å². The van der Waals surface area contributed by atoms with Gasteiger partial charge in [0.15, 0.2) is 0 Å². The van der Waals surface area contributed by atoms with Crippen LogP contribution in [0.15, 0.2) is 35.5 Å². The topological polar surface area (TPSA) is 72.2 Å². The van der Waals surface area contributed by atoms with E-state index in [2.05, 4.69) is 11.9 Å². The van der Waals surface area contributed by atoms with Gasteiger partial charge in [0, 0.05) is 7.05 Å². The summed E-state index contributed by atoms with van der Waals surface area (Å²) in [5.41, 5.74) is 0.588. The number of primary sulfonamides is 1. The van der Waals surface area contributed by atoms with Crippen LogP contribution in [0.2, 0.25) is 0 Å². The summed E-state index contributed by atoms with van der Waals surface area (Å²) in [4.78, 5) is 0. The van der Waals surface area contributed by atoms with Gasteiger partial charge in [0.05, 0.1) is 16.5 Å². The number of hydrogen-bond donors (Lipinski definition) is 2. The molecule has 80 valence electrons. The molecule has 6 heteroatoms. The van der Waals surface area contributed by atoms with Gasteiger partial charge in [-0.3, -0.25) is 0 Å². The summed E-state index contributed by atoms with van der Waals surface area (Å²) < 4.78 is 21.2. The normalized spacial score (nSPS) is 13.9. The molecule has 0 amide bonds. The van der Waals surface area contributed by atoms with Crippen molar-refractivity contribution >= 4 is 21.6 Å². The highest BCUT2D eigenvalue weighted by molar-refractivity contribution is 7.89. The Hall–Kier alpha value is -0.780. The van der Waals surface area contributed by atoms with Gasteiger partial charge in [-0.25, -0.2) is 13.6 Å². The van der Waals surface area contributed by atoms with Crippen molar-refractivity contribution in [3.05, 3.63) is 35.5 Å². The number of sulfonamides is 1. The summed E-state index contributed by atoms with van der Waals surface area (Å²) in [6, 6.07) is 0. The fraction of sp³-hybridized carbons (Fsp3) is 0.250. The van der Waals surface area contributed by atoms with E-state index >= 15 is 0 Å². The third-order valence-electron chi connectivity index (χ3n) is 1.31. The molecule has 0 radical (unpaired) electrons. The average molecular weight is 237 g/mol. The fourth-order valence-electron chi connectivity index (χ4n) is 0.699. The summed E-state index contributed by atoms with van der Waals surface area (Å²) in [5.74, 6) is -0.290. The standard InChI is InChI=1S/C8H13ClN2O2S/c1-3-4-8(11-2)7(9)5-6-14(10,12)13/h3-5,11H,1,6H2,2H3,(H2,10,12,13)/b7-5+,8-4+. The minimum atomic E-state index is -3.52. The lowest BCUT2D eigenvalue weighted by molar-refractivity contribution is 0.600. The first-order chi connectivity index (χ1) is 6.40. The van der Waals surface area contributed by atoms with E-state index in [1.54, 1.807) is 19.2 Å². The molecular formula is C8H13ClN2O2S. The number of allylic oxidation sites excluding steroid dienone is 3. The number of likely N-dealkylation sites (N-methyl/N-ethyl adjacent to an activating group) is 1. The molecule has 0 rings (SSSR count). The van der Waals surface area contributed by atoms with Crippen molar-refractivity contribution < 1.29 is 8.42 Å². The molecule has 0 unspecified atom stereocenters. The molecule has 0 atom stereocenters. The Labute approximate surface area is 89.2 Å². The minimum Gasteiger partial charge on any atom is -0.387 e. The fourth-order valence-corrected chi connectivity index (χ4v) is 1.42. The largest absolute Gasteiger partial charge is 0.387 e. The molecule has 0 saturated carbocycles. The Balaban J connectivity index is 4.67. The molecule has 0 saturated heterocycles. The van der Waals surface area contributed by atoms with Crippen molar-refractivity contribution in [2.45, 2.75) is 0 Å². The highest BCUT2D eigenvalue weighted by Gasteiger charge is 2.02. The number of halogens is 1. The van der Waals surface area contributed by atoms with Crippen LogP contribution in [-0.4, -0.2) is 21.2 Å². The summed E-state index contributed by atoms with van der Waals surface area (Å²) in [6.45, 7) is 3.49. The SMILES string of the molecule is C=C/C=C(NC)\C(Cl)=C/CS(N)(=O)=O. The molecule has 0 bridgehead atoms. The quantitative estimate of drug-likeness (QED) is 0.690. The minimum absolute atomic E-state index is 0.290. The lowest BCUT2D eigenvalue weighted by Crippen LogP contribution is -2.15. The lowest BCUT2D eigenvalue weighted by atomic mass is 10.3. The van der Waals surface area contributed by atoms with Gasteiger partial charge in [0.2, 0.25) is 10.0 Å². The first kappa shape index (κ1) is 13.2. The maximum absolute atomic E-state index is 10.6. The summed E-state index contributed by atoms with van der Waals surface area (Å²) >= 11 is 5.79. The van der Waals surface area contributed by atoms with E-state index in [1.165, 1.54) is 6.08 Å². The van der Waals surface area contributed by atoms with Gasteiger partial charge < -0.3 is 5.32 Å². The molecule has 0 aliphatic carbocycles. The van der Waals surface area contributed by atoms with Gasteiger partial charge in [-0.2, -0.15) is 0 Å². The van der Waals surface area contributed by atoms with Gasteiger partial charge in [-0.1, -0.05) is 24.3 Å². The molecule has 0 heterocycles. The van der Waals surface area contributed by atoms with E-state index < -0.39 is 10.0 Å². The van der Waals surface area contributed by atoms with Crippen LogP contribution in [0.25, 0.3) is 0 Å². The molecular weight excluding hydrogens is 224 g/mol. The van der Waals surface area contributed by atoms with Crippen LogP contribution < -0.4 is 10.5 Å². The number of nitrogens with two attached hydrogens (primary N) is 1. The second-order valence-corrected chi connectivity index (χ2v) is 4.51. The van der Waals surface area contributed by atoms with Gasteiger partial charge in [-0.05, 0) is 12.2 Å². The molecule has 0 aliphatic rings. The average Bonchev–Trinajstić information content (AvgIpc) is 2.09. The molecule has 0 spiro atoms. The molecule has 4 nitrogen and oxygen atoms in total. The maximum Gasteiger partial charge on any atom is 0.212 e. The van der Waals surface area contributed by atoms with Crippen molar-refractivity contribution in [1.82, 2.24) is 5.32 Å².